The molecule has 2 heteroatoms. The Hall–Kier alpha value is -2.87. The van der Waals surface area contributed by atoms with Crippen LogP contribution in [0.2, 0.25) is 0 Å². The van der Waals surface area contributed by atoms with E-state index in [-0.39, 0.29) is 17.9 Å². The second-order valence-electron chi connectivity index (χ2n) is 7.66. The highest BCUT2D eigenvalue weighted by Gasteiger charge is 2.20. The Kier molecular flexibility index (Phi) is 6.30. The van der Waals surface area contributed by atoms with Crippen LogP contribution >= 0.6 is 0 Å². The fourth-order valence-corrected chi connectivity index (χ4v) is 3.81. The molecule has 3 rings (SSSR count). The minimum absolute atomic E-state index is 0.0148. The van der Waals surface area contributed by atoms with Gasteiger partial charge in [-0.15, -0.1) is 0 Å². The molecule has 3 aromatic carbocycles. The van der Waals surface area contributed by atoms with Crippen LogP contribution < -0.4 is 5.32 Å². The van der Waals surface area contributed by atoms with E-state index in [0.717, 1.165) is 0 Å². The summed E-state index contributed by atoms with van der Waals surface area (Å²) in [5.41, 5.74) is 7.28. The third kappa shape index (κ3) is 4.69. The van der Waals surface area contributed by atoms with Crippen molar-refractivity contribution in [3.8, 4) is 0 Å². The second kappa shape index (κ2) is 8.88. The maximum Gasteiger partial charge on any atom is 0.221 e. The van der Waals surface area contributed by atoms with E-state index in [0.29, 0.717) is 6.42 Å². The standard InChI is InChI=1S/C26H29NO/c1-18-15-20(3)24(16-19(18)2)21(4)27-26(28)17-25(22-11-7-5-8-12-22)23-13-9-6-10-14-23/h5-16,21,25H,17H2,1-4H3,(H,27,28). The largest absolute Gasteiger partial charge is 0.350 e. The summed E-state index contributed by atoms with van der Waals surface area (Å²) in [4.78, 5) is 12.9. The molecule has 1 atom stereocenters. The van der Waals surface area contributed by atoms with Gasteiger partial charge < -0.3 is 5.32 Å². The summed E-state index contributed by atoms with van der Waals surface area (Å²) in [6.45, 7) is 8.42. The summed E-state index contributed by atoms with van der Waals surface area (Å²) in [5.74, 6) is 0.123. The number of carbonyl (C=O) groups is 1. The molecule has 3 aromatic rings. The van der Waals surface area contributed by atoms with Gasteiger partial charge in [0.05, 0.1) is 6.04 Å². The van der Waals surface area contributed by atoms with E-state index in [1.165, 1.54) is 33.4 Å². The smallest absolute Gasteiger partial charge is 0.221 e. The first-order chi connectivity index (χ1) is 13.5. The fraction of sp³-hybridized carbons (Fsp3) is 0.269. The van der Waals surface area contributed by atoms with E-state index in [2.05, 4.69) is 69.4 Å². The summed E-state index contributed by atoms with van der Waals surface area (Å²) in [5, 5.41) is 3.21. The Morgan fingerprint density at radius 2 is 1.29 bits per heavy atom. The molecule has 0 saturated carbocycles. The maximum absolute atomic E-state index is 12.9. The fourth-order valence-electron chi connectivity index (χ4n) is 3.81. The lowest BCUT2D eigenvalue weighted by Gasteiger charge is -2.22. The van der Waals surface area contributed by atoms with Crippen molar-refractivity contribution >= 4 is 5.91 Å². The number of rotatable bonds is 6. The van der Waals surface area contributed by atoms with Gasteiger partial charge in [0, 0.05) is 12.3 Å². The van der Waals surface area contributed by atoms with Gasteiger partial charge in [0.1, 0.15) is 0 Å². The van der Waals surface area contributed by atoms with Crippen LogP contribution in [0.25, 0.3) is 0 Å². The average Bonchev–Trinajstić information content (AvgIpc) is 2.70. The Bertz CT molecular complexity index is 892. The van der Waals surface area contributed by atoms with Crippen LogP contribution in [0.3, 0.4) is 0 Å². The number of amides is 1. The highest BCUT2D eigenvalue weighted by atomic mass is 16.1. The van der Waals surface area contributed by atoms with Crippen molar-refractivity contribution in [3.63, 3.8) is 0 Å². The Labute approximate surface area is 168 Å². The summed E-state index contributed by atoms with van der Waals surface area (Å²) >= 11 is 0. The molecule has 1 N–H and O–H groups in total. The third-order valence-electron chi connectivity index (χ3n) is 5.52. The third-order valence-corrected chi connectivity index (χ3v) is 5.52. The van der Waals surface area contributed by atoms with Crippen molar-refractivity contribution in [1.29, 1.82) is 0 Å². The zero-order chi connectivity index (χ0) is 20.1. The van der Waals surface area contributed by atoms with Gasteiger partial charge in [0.2, 0.25) is 5.91 Å². The lowest BCUT2D eigenvalue weighted by atomic mass is 9.88. The maximum atomic E-state index is 12.9. The molecule has 0 fully saturated rings. The molecule has 0 aliphatic carbocycles. The van der Waals surface area contributed by atoms with Crippen LogP contribution in [-0.4, -0.2) is 5.91 Å². The van der Waals surface area contributed by atoms with E-state index < -0.39 is 0 Å². The van der Waals surface area contributed by atoms with Crippen LogP contribution in [0, 0.1) is 20.8 Å². The Morgan fingerprint density at radius 1 is 0.786 bits per heavy atom. The highest BCUT2D eigenvalue weighted by Crippen LogP contribution is 2.28. The molecule has 0 aliphatic rings. The van der Waals surface area contributed by atoms with Gasteiger partial charge >= 0.3 is 0 Å². The first-order valence-electron chi connectivity index (χ1n) is 9.92. The minimum atomic E-state index is -0.0148. The van der Waals surface area contributed by atoms with Crippen LogP contribution in [0.4, 0.5) is 0 Å². The van der Waals surface area contributed by atoms with Gasteiger partial charge in [-0.2, -0.15) is 0 Å². The monoisotopic (exact) mass is 371 g/mol. The summed E-state index contributed by atoms with van der Waals surface area (Å²) < 4.78 is 0. The molecule has 0 spiro atoms. The first-order valence-corrected chi connectivity index (χ1v) is 9.92. The van der Waals surface area contributed by atoms with Gasteiger partial charge in [-0.3, -0.25) is 4.79 Å². The minimum Gasteiger partial charge on any atom is -0.350 e. The van der Waals surface area contributed by atoms with Gasteiger partial charge in [-0.25, -0.2) is 0 Å². The summed E-state index contributed by atoms with van der Waals surface area (Å²) in [7, 11) is 0. The summed E-state index contributed by atoms with van der Waals surface area (Å²) in [6.07, 6.45) is 0.433. The molecule has 0 saturated heterocycles. The molecule has 0 aromatic heterocycles. The molecule has 0 aliphatic heterocycles. The van der Waals surface area contributed by atoms with Crippen molar-refractivity contribution in [2.24, 2.45) is 0 Å². The average molecular weight is 372 g/mol. The summed E-state index contributed by atoms with van der Waals surface area (Å²) in [6, 6.07) is 24.9. The first kappa shape index (κ1) is 19.9. The quantitative estimate of drug-likeness (QED) is 0.565. The molecule has 1 amide bonds. The number of carbonyl (C=O) groups excluding carboxylic acids is 1. The number of aryl methyl sites for hydroxylation is 3. The van der Waals surface area contributed by atoms with Gasteiger partial charge in [0.15, 0.2) is 0 Å². The van der Waals surface area contributed by atoms with E-state index in [4.69, 9.17) is 0 Å². The number of nitrogens with one attached hydrogen (secondary N) is 1. The lowest BCUT2D eigenvalue weighted by molar-refractivity contribution is -0.121. The molecular formula is C26H29NO. The van der Waals surface area contributed by atoms with E-state index in [9.17, 15) is 4.79 Å². The van der Waals surface area contributed by atoms with E-state index in [1.54, 1.807) is 0 Å². The van der Waals surface area contributed by atoms with Crippen molar-refractivity contribution in [1.82, 2.24) is 5.32 Å². The Balaban J connectivity index is 1.78. The predicted molar refractivity (Wildman–Crippen MR) is 117 cm³/mol. The van der Waals surface area contributed by atoms with Crippen LogP contribution in [0.1, 0.15) is 58.7 Å². The lowest BCUT2D eigenvalue weighted by Crippen LogP contribution is -2.28. The number of hydrogen-bond acceptors (Lipinski definition) is 1. The van der Waals surface area contributed by atoms with Crippen molar-refractivity contribution in [2.75, 3.05) is 0 Å². The molecule has 1 unspecified atom stereocenters. The van der Waals surface area contributed by atoms with Crippen LogP contribution in [-0.2, 0) is 4.79 Å². The molecule has 2 nitrogen and oxygen atoms in total. The molecule has 0 heterocycles. The molecule has 28 heavy (non-hydrogen) atoms. The van der Waals surface area contributed by atoms with Crippen molar-refractivity contribution in [3.05, 3.63) is 106 Å². The molecule has 144 valence electrons. The van der Waals surface area contributed by atoms with Crippen LogP contribution in [0.15, 0.2) is 72.8 Å². The molecule has 0 bridgehead atoms. The van der Waals surface area contributed by atoms with E-state index in [1.807, 2.05) is 36.4 Å². The SMILES string of the molecule is Cc1cc(C)c(C(C)NC(=O)CC(c2ccccc2)c2ccccc2)cc1C. The highest BCUT2D eigenvalue weighted by molar-refractivity contribution is 5.78. The zero-order valence-electron chi connectivity index (χ0n) is 17.2. The van der Waals surface area contributed by atoms with E-state index >= 15 is 0 Å². The van der Waals surface area contributed by atoms with Gasteiger partial charge in [0.25, 0.3) is 0 Å². The zero-order valence-corrected chi connectivity index (χ0v) is 17.2. The second-order valence-corrected chi connectivity index (χ2v) is 7.66. The van der Waals surface area contributed by atoms with Gasteiger partial charge in [-0.1, -0.05) is 72.8 Å². The number of benzene rings is 3. The molecule has 0 radical (unpaired) electrons. The van der Waals surface area contributed by atoms with Crippen molar-refractivity contribution in [2.45, 2.75) is 46.1 Å². The van der Waals surface area contributed by atoms with Gasteiger partial charge in [-0.05, 0) is 61.1 Å². The van der Waals surface area contributed by atoms with Crippen LogP contribution in [0.5, 0.6) is 0 Å². The number of hydrogen-bond donors (Lipinski definition) is 1. The molecular weight excluding hydrogens is 342 g/mol. The Morgan fingerprint density at radius 3 is 1.82 bits per heavy atom. The topological polar surface area (TPSA) is 29.1 Å². The normalized spacial score (nSPS) is 12.0. The predicted octanol–water partition coefficient (Wildman–Crippen LogP) is 6.01. The van der Waals surface area contributed by atoms with Crippen molar-refractivity contribution < 1.29 is 4.79 Å².